The average molecular weight is 340 g/mol. The first kappa shape index (κ1) is 18.0. The van der Waals surface area contributed by atoms with Gasteiger partial charge in [-0.05, 0) is 25.7 Å². The van der Waals surface area contributed by atoms with Crippen LogP contribution in [-0.4, -0.2) is 42.4 Å². The Bertz CT molecular complexity index is 514. The molecule has 1 aromatic rings. The summed E-state index contributed by atoms with van der Waals surface area (Å²) in [6.45, 7) is 2.30. The van der Waals surface area contributed by atoms with Crippen molar-refractivity contribution in [1.29, 1.82) is 0 Å². The Morgan fingerprint density at radius 2 is 2.13 bits per heavy atom. The van der Waals surface area contributed by atoms with Crippen molar-refractivity contribution in [3.63, 3.8) is 0 Å². The lowest BCUT2D eigenvalue weighted by Crippen LogP contribution is -2.57. The molecule has 1 heterocycles. The lowest BCUT2D eigenvalue weighted by Gasteiger charge is -2.39. The maximum absolute atomic E-state index is 12.2. The summed E-state index contributed by atoms with van der Waals surface area (Å²) < 4.78 is 0. The number of carbonyl (C=O) groups excluding carboxylic acids is 1. The van der Waals surface area contributed by atoms with Gasteiger partial charge in [-0.15, -0.1) is 11.3 Å². The molecule has 1 aliphatic rings. The molecule has 1 fully saturated rings. The molecule has 1 atom stereocenters. The van der Waals surface area contributed by atoms with Gasteiger partial charge < -0.3 is 20.6 Å². The van der Waals surface area contributed by atoms with E-state index in [-0.39, 0.29) is 12.6 Å². The molecule has 2 rings (SSSR count). The third-order valence-electron chi connectivity index (χ3n) is 4.59. The Balaban J connectivity index is 1.86. The summed E-state index contributed by atoms with van der Waals surface area (Å²) in [6, 6.07) is -0.244. The molecular formula is C16H28N4O2S. The number of amides is 2. The average Bonchev–Trinajstić information content (AvgIpc) is 3.03. The van der Waals surface area contributed by atoms with Crippen LogP contribution in [0.25, 0.3) is 0 Å². The van der Waals surface area contributed by atoms with Crippen molar-refractivity contribution in [2.45, 2.75) is 51.1 Å². The molecule has 0 aromatic carbocycles. The van der Waals surface area contributed by atoms with Crippen LogP contribution in [0.15, 0.2) is 5.38 Å². The first-order chi connectivity index (χ1) is 10.9. The molecule has 1 aliphatic carbocycles. The predicted octanol–water partition coefficient (Wildman–Crippen LogP) is 2.34. The zero-order valence-corrected chi connectivity index (χ0v) is 15.1. The van der Waals surface area contributed by atoms with Crippen LogP contribution in [0.4, 0.5) is 9.93 Å². The van der Waals surface area contributed by atoms with E-state index in [1.807, 2.05) is 31.3 Å². The van der Waals surface area contributed by atoms with Gasteiger partial charge in [0.25, 0.3) is 0 Å². The summed E-state index contributed by atoms with van der Waals surface area (Å²) in [4.78, 5) is 18.6. The van der Waals surface area contributed by atoms with Gasteiger partial charge in [-0.2, -0.15) is 0 Å². The van der Waals surface area contributed by atoms with Crippen LogP contribution in [0.1, 0.15) is 44.7 Å². The van der Waals surface area contributed by atoms with E-state index >= 15 is 0 Å². The van der Waals surface area contributed by atoms with Crippen LogP contribution in [-0.2, 0) is 6.54 Å². The van der Waals surface area contributed by atoms with Gasteiger partial charge in [-0.3, -0.25) is 0 Å². The van der Waals surface area contributed by atoms with Crippen LogP contribution in [0.5, 0.6) is 0 Å². The van der Waals surface area contributed by atoms with E-state index in [9.17, 15) is 9.90 Å². The first-order valence-electron chi connectivity index (χ1n) is 8.23. The predicted molar refractivity (Wildman–Crippen MR) is 93.9 cm³/mol. The molecule has 0 saturated heterocycles. The van der Waals surface area contributed by atoms with E-state index in [1.165, 1.54) is 19.3 Å². The number of urea groups is 1. The summed E-state index contributed by atoms with van der Waals surface area (Å²) in [6.07, 6.45) is 5.73. The van der Waals surface area contributed by atoms with E-state index in [0.717, 1.165) is 23.7 Å². The summed E-state index contributed by atoms with van der Waals surface area (Å²) in [7, 11) is 3.89. The van der Waals surface area contributed by atoms with Gasteiger partial charge in [0.05, 0.1) is 24.4 Å². The lowest BCUT2D eigenvalue weighted by atomic mass is 9.76. The topological polar surface area (TPSA) is 77.5 Å². The van der Waals surface area contributed by atoms with Gasteiger partial charge in [-0.25, -0.2) is 9.78 Å². The summed E-state index contributed by atoms with van der Waals surface area (Å²) in [5.74, 6) is 0.339. The highest BCUT2D eigenvalue weighted by molar-refractivity contribution is 7.13. The Morgan fingerprint density at radius 3 is 2.70 bits per heavy atom. The number of aliphatic hydroxyl groups excluding tert-OH is 1. The van der Waals surface area contributed by atoms with E-state index in [1.54, 1.807) is 11.3 Å². The number of thiazole rings is 1. The third kappa shape index (κ3) is 4.81. The summed E-state index contributed by atoms with van der Waals surface area (Å²) >= 11 is 1.55. The largest absolute Gasteiger partial charge is 0.394 e. The highest BCUT2D eigenvalue weighted by Crippen LogP contribution is 2.32. The molecular weight excluding hydrogens is 312 g/mol. The Kier molecular flexibility index (Phi) is 6.24. The van der Waals surface area contributed by atoms with Crippen LogP contribution in [0.3, 0.4) is 0 Å². The highest BCUT2D eigenvalue weighted by Gasteiger charge is 2.35. The number of nitrogens with zero attached hydrogens (tertiary/aromatic N) is 2. The monoisotopic (exact) mass is 340 g/mol. The molecule has 0 spiro atoms. The van der Waals surface area contributed by atoms with E-state index in [4.69, 9.17) is 0 Å². The normalized spacial score (nSPS) is 18.3. The smallest absolute Gasteiger partial charge is 0.315 e. The van der Waals surface area contributed by atoms with Crippen molar-refractivity contribution < 1.29 is 9.90 Å². The van der Waals surface area contributed by atoms with Crippen molar-refractivity contribution in [3.05, 3.63) is 11.1 Å². The number of nitrogens with one attached hydrogen (secondary N) is 2. The Labute approximate surface area is 142 Å². The number of hydrogen-bond donors (Lipinski definition) is 3. The SMILES string of the molecule is CN(C)c1nc(CNC(=O)N[C@](C)(CO)C2CCCCC2)cs1. The molecule has 0 unspecified atom stereocenters. The second-order valence-corrected chi connectivity index (χ2v) is 7.57. The maximum Gasteiger partial charge on any atom is 0.315 e. The van der Waals surface area contributed by atoms with Crippen molar-refractivity contribution >= 4 is 22.5 Å². The minimum absolute atomic E-state index is 0.0352. The molecule has 0 radical (unpaired) electrons. The standard InChI is InChI=1S/C16H28N4O2S/c1-16(11-21,12-7-5-4-6-8-12)19-14(22)17-9-13-10-23-15(18-13)20(2)3/h10,12,21H,4-9,11H2,1-3H3,(H2,17,19,22)/t16-/m1/s1. The fourth-order valence-electron chi connectivity index (χ4n) is 3.07. The zero-order chi connectivity index (χ0) is 16.9. The van der Waals surface area contributed by atoms with Crippen molar-refractivity contribution in [2.24, 2.45) is 5.92 Å². The second-order valence-electron chi connectivity index (χ2n) is 6.73. The molecule has 6 nitrogen and oxygen atoms in total. The second kappa shape index (κ2) is 7.97. The molecule has 0 bridgehead atoms. The van der Waals surface area contributed by atoms with Crippen molar-refractivity contribution in [3.8, 4) is 0 Å². The quantitative estimate of drug-likeness (QED) is 0.743. The highest BCUT2D eigenvalue weighted by atomic mass is 32.1. The third-order valence-corrected chi connectivity index (χ3v) is 5.64. The molecule has 0 aliphatic heterocycles. The number of rotatable bonds is 6. The summed E-state index contributed by atoms with van der Waals surface area (Å²) in [5, 5.41) is 18.5. The van der Waals surface area contributed by atoms with Crippen LogP contribution in [0, 0.1) is 5.92 Å². The van der Waals surface area contributed by atoms with Gasteiger partial charge in [0.15, 0.2) is 5.13 Å². The fourth-order valence-corrected chi connectivity index (χ4v) is 3.83. The van der Waals surface area contributed by atoms with Gasteiger partial charge in [0, 0.05) is 19.5 Å². The number of anilines is 1. The minimum Gasteiger partial charge on any atom is -0.394 e. The molecule has 23 heavy (non-hydrogen) atoms. The number of aliphatic hydroxyl groups is 1. The fraction of sp³-hybridized carbons (Fsp3) is 0.750. The van der Waals surface area contributed by atoms with Gasteiger partial charge in [0.1, 0.15) is 0 Å². The van der Waals surface area contributed by atoms with E-state index in [2.05, 4.69) is 15.6 Å². The van der Waals surface area contributed by atoms with Crippen LogP contribution >= 0.6 is 11.3 Å². The molecule has 2 amide bonds. The molecule has 130 valence electrons. The lowest BCUT2D eigenvalue weighted by molar-refractivity contribution is 0.101. The number of carbonyl (C=O) groups is 1. The molecule has 7 heteroatoms. The van der Waals surface area contributed by atoms with Gasteiger partial charge in [0.2, 0.25) is 0 Å². The van der Waals surface area contributed by atoms with E-state index in [0.29, 0.717) is 12.5 Å². The minimum atomic E-state index is -0.554. The van der Waals surface area contributed by atoms with E-state index < -0.39 is 5.54 Å². The number of hydrogen-bond acceptors (Lipinski definition) is 5. The molecule has 1 aromatic heterocycles. The first-order valence-corrected chi connectivity index (χ1v) is 9.11. The van der Waals surface area contributed by atoms with Gasteiger partial charge >= 0.3 is 6.03 Å². The van der Waals surface area contributed by atoms with Crippen LogP contribution < -0.4 is 15.5 Å². The number of aromatic nitrogens is 1. The maximum atomic E-state index is 12.2. The van der Waals surface area contributed by atoms with Crippen molar-refractivity contribution in [2.75, 3.05) is 25.6 Å². The molecule has 3 N–H and O–H groups in total. The molecule has 1 saturated carbocycles. The summed E-state index contributed by atoms with van der Waals surface area (Å²) in [5.41, 5.74) is 0.290. The van der Waals surface area contributed by atoms with Gasteiger partial charge in [-0.1, -0.05) is 19.3 Å². The van der Waals surface area contributed by atoms with Crippen molar-refractivity contribution in [1.82, 2.24) is 15.6 Å². The Hall–Kier alpha value is -1.34. The van der Waals surface area contributed by atoms with Crippen LogP contribution in [0.2, 0.25) is 0 Å². The zero-order valence-electron chi connectivity index (χ0n) is 14.3. The Morgan fingerprint density at radius 1 is 1.43 bits per heavy atom.